The molecule has 0 atom stereocenters. The lowest BCUT2D eigenvalue weighted by Crippen LogP contribution is -2.41. The zero-order valence-electron chi connectivity index (χ0n) is 16.7. The number of rotatable bonds is 8. The highest BCUT2D eigenvalue weighted by Crippen LogP contribution is 2.25. The third kappa shape index (κ3) is 4.83. The van der Waals surface area contributed by atoms with Gasteiger partial charge in [0.2, 0.25) is 0 Å². The Balaban J connectivity index is 1.59. The van der Waals surface area contributed by atoms with Gasteiger partial charge in [-0.3, -0.25) is 9.80 Å². The second-order valence-electron chi connectivity index (χ2n) is 7.34. The molecule has 0 saturated carbocycles. The van der Waals surface area contributed by atoms with Gasteiger partial charge >= 0.3 is 0 Å². The molecule has 2 aromatic heterocycles. The Hall–Kier alpha value is -2.72. The zero-order valence-corrected chi connectivity index (χ0v) is 16.7. The predicted molar refractivity (Wildman–Crippen MR) is 113 cm³/mol. The molecule has 0 aliphatic carbocycles. The summed E-state index contributed by atoms with van der Waals surface area (Å²) >= 11 is 0. The first-order chi connectivity index (χ1) is 14.3. The lowest BCUT2D eigenvalue weighted by Gasteiger charge is -2.29. The van der Waals surface area contributed by atoms with Crippen LogP contribution in [0.5, 0.6) is 0 Å². The van der Waals surface area contributed by atoms with Crippen LogP contribution in [-0.4, -0.2) is 65.1 Å². The molecule has 1 aliphatic rings. The van der Waals surface area contributed by atoms with Crippen molar-refractivity contribution in [3.05, 3.63) is 60.4 Å². The molecule has 0 radical (unpaired) electrons. The third-order valence-electron chi connectivity index (χ3n) is 5.43. The molecule has 3 aromatic rings. The fourth-order valence-corrected chi connectivity index (χ4v) is 3.82. The van der Waals surface area contributed by atoms with Crippen molar-refractivity contribution in [3.63, 3.8) is 0 Å². The summed E-state index contributed by atoms with van der Waals surface area (Å²) in [4.78, 5) is 9.73. The Kier molecular flexibility index (Phi) is 6.52. The number of benzene rings is 1. The maximum absolute atomic E-state index is 9.14. The molecule has 1 fully saturated rings. The zero-order chi connectivity index (χ0) is 19.9. The van der Waals surface area contributed by atoms with Gasteiger partial charge in [0.15, 0.2) is 0 Å². The minimum atomic E-state index is 0.528. The molecule has 150 valence electrons. The molecule has 0 unspecified atom stereocenters. The minimum absolute atomic E-state index is 0.528. The van der Waals surface area contributed by atoms with E-state index in [4.69, 9.17) is 15.0 Å². The quantitative estimate of drug-likeness (QED) is 0.593. The highest BCUT2D eigenvalue weighted by atomic mass is 16.5. The van der Waals surface area contributed by atoms with Gasteiger partial charge in [0.05, 0.1) is 30.7 Å². The molecular weight excluding hydrogens is 362 g/mol. The van der Waals surface area contributed by atoms with Gasteiger partial charge in [0.25, 0.3) is 0 Å². The van der Waals surface area contributed by atoms with Gasteiger partial charge in [-0.15, -0.1) is 0 Å². The van der Waals surface area contributed by atoms with Gasteiger partial charge < -0.3 is 9.14 Å². The van der Waals surface area contributed by atoms with Crippen LogP contribution in [0.1, 0.15) is 12.1 Å². The number of nitriles is 1. The molecule has 1 aromatic carbocycles. The van der Waals surface area contributed by atoms with E-state index in [-0.39, 0.29) is 0 Å². The summed E-state index contributed by atoms with van der Waals surface area (Å²) < 4.78 is 7.64. The highest BCUT2D eigenvalue weighted by molar-refractivity contribution is 5.66. The van der Waals surface area contributed by atoms with Crippen LogP contribution in [0.15, 0.2) is 54.7 Å². The van der Waals surface area contributed by atoms with Crippen molar-refractivity contribution >= 4 is 5.65 Å². The van der Waals surface area contributed by atoms with Crippen LogP contribution in [0.2, 0.25) is 0 Å². The Bertz CT molecular complexity index is 956. The summed E-state index contributed by atoms with van der Waals surface area (Å²) in [6, 6.07) is 18.8. The molecular formula is C23H27N5O. The van der Waals surface area contributed by atoms with Crippen molar-refractivity contribution in [2.75, 3.05) is 45.9 Å². The first-order valence-corrected chi connectivity index (χ1v) is 10.3. The van der Waals surface area contributed by atoms with Crippen molar-refractivity contribution in [3.8, 4) is 17.3 Å². The summed E-state index contributed by atoms with van der Waals surface area (Å²) in [7, 11) is 0. The van der Waals surface area contributed by atoms with E-state index in [0.29, 0.717) is 6.42 Å². The number of ether oxygens (including phenoxy) is 1. The van der Waals surface area contributed by atoms with Gasteiger partial charge in [-0.25, -0.2) is 4.98 Å². The van der Waals surface area contributed by atoms with E-state index in [0.717, 1.165) is 69.4 Å². The van der Waals surface area contributed by atoms with E-state index >= 15 is 0 Å². The highest BCUT2D eigenvalue weighted by Gasteiger charge is 2.18. The predicted octanol–water partition coefficient (Wildman–Crippen LogP) is 3.05. The Morgan fingerprint density at radius 1 is 1.03 bits per heavy atom. The van der Waals surface area contributed by atoms with Crippen LogP contribution in [0.3, 0.4) is 0 Å². The van der Waals surface area contributed by atoms with Crippen LogP contribution in [0.4, 0.5) is 0 Å². The largest absolute Gasteiger partial charge is 0.379 e. The molecule has 6 nitrogen and oxygen atoms in total. The fourth-order valence-electron chi connectivity index (χ4n) is 3.82. The summed E-state index contributed by atoms with van der Waals surface area (Å²) in [6.45, 7) is 7.03. The lowest BCUT2D eigenvalue weighted by molar-refractivity contribution is 0.0330. The van der Waals surface area contributed by atoms with Crippen LogP contribution in [0.25, 0.3) is 16.9 Å². The number of pyridine rings is 1. The van der Waals surface area contributed by atoms with Gasteiger partial charge in [-0.1, -0.05) is 36.4 Å². The maximum Gasteiger partial charge on any atom is 0.137 e. The van der Waals surface area contributed by atoms with Crippen LogP contribution >= 0.6 is 0 Å². The first kappa shape index (κ1) is 19.6. The number of hydrogen-bond acceptors (Lipinski definition) is 5. The standard InChI is InChI=1S/C23H27N5O/c24-10-6-11-27(14-13-26-15-17-29-18-16-26)19-21-23(20-7-2-1-3-8-20)25-22-9-4-5-12-28(21)22/h1-5,7-9,12H,6,11,13-19H2. The molecule has 4 rings (SSSR count). The second kappa shape index (κ2) is 9.66. The van der Waals surface area contributed by atoms with E-state index < -0.39 is 0 Å². The van der Waals surface area contributed by atoms with E-state index in [1.807, 2.05) is 24.3 Å². The maximum atomic E-state index is 9.14. The molecule has 3 heterocycles. The fraction of sp³-hybridized carbons (Fsp3) is 0.391. The minimum Gasteiger partial charge on any atom is -0.379 e. The molecule has 1 saturated heterocycles. The Morgan fingerprint density at radius 3 is 2.62 bits per heavy atom. The van der Waals surface area contributed by atoms with Gasteiger partial charge in [-0.05, 0) is 12.1 Å². The molecule has 0 N–H and O–H groups in total. The van der Waals surface area contributed by atoms with Crippen LogP contribution in [-0.2, 0) is 11.3 Å². The monoisotopic (exact) mass is 389 g/mol. The number of fused-ring (bicyclic) bond motifs is 1. The molecule has 0 bridgehead atoms. The smallest absolute Gasteiger partial charge is 0.137 e. The molecule has 6 heteroatoms. The van der Waals surface area contributed by atoms with Crippen molar-refractivity contribution in [2.24, 2.45) is 0 Å². The van der Waals surface area contributed by atoms with Gasteiger partial charge in [0.1, 0.15) is 5.65 Å². The topological polar surface area (TPSA) is 56.8 Å². The number of imidazole rings is 1. The van der Waals surface area contributed by atoms with Crippen molar-refractivity contribution in [2.45, 2.75) is 13.0 Å². The van der Waals surface area contributed by atoms with Crippen molar-refractivity contribution in [1.29, 1.82) is 5.26 Å². The number of hydrogen-bond donors (Lipinski definition) is 0. The van der Waals surface area contributed by atoms with E-state index in [2.05, 4.69) is 50.7 Å². The molecule has 0 spiro atoms. The SMILES string of the molecule is N#CCCN(CCN1CCOCC1)Cc1c(-c2ccccc2)nc2ccccn12. The second-order valence-corrected chi connectivity index (χ2v) is 7.34. The van der Waals surface area contributed by atoms with Crippen molar-refractivity contribution < 1.29 is 4.74 Å². The molecule has 0 amide bonds. The summed E-state index contributed by atoms with van der Waals surface area (Å²) in [5.74, 6) is 0. The Labute approximate surface area is 171 Å². The third-order valence-corrected chi connectivity index (χ3v) is 5.43. The van der Waals surface area contributed by atoms with Crippen LogP contribution in [0, 0.1) is 11.3 Å². The summed E-state index contributed by atoms with van der Waals surface area (Å²) in [6.07, 6.45) is 2.61. The number of aromatic nitrogens is 2. The number of morpholine rings is 1. The normalized spacial score (nSPS) is 15.0. The molecule has 29 heavy (non-hydrogen) atoms. The summed E-state index contributed by atoms with van der Waals surface area (Å²) in [5.41, 5.74) is 4.27. The van der Waals surface area contributed by atoms with Crippen molar-refractivity contribution in [1.82, 2.24) is 19.2 Å². The van der Waals surface area contributed by atoms with Gasteiger partial charge in [-0.2, -0.15) is 5.26 Å². The van der Waals surface area contributed by atoms with E-state index in [1.54, 1.807) is 0 Å². The molecule has 1 aliphatic heterocycles. The number of nitrogens with zero attached hydrogens (tertiary/aromatic N) is 5. The lowest BCUT2D eigenvalue weighted by atomic mass is 10.1. The summed E-state index contributed by atoms with van der Waals surface area (Å²) in [5, 5.41) is 9.14. The average Bonchev–Trinajstić information content (AvgIpc) is 3.15. The van der Waals surface area contributed by atoms with E-state index in [1.165, 1.54) is 5.69 Å². The van der Waals surface area contributed by atoms with Gasteiger partial charge in [0, 0.05) is 57.4 Å². The average molecular weight is 390 g/mol. The van der Waals surface area contributed by atoms with Crippen LogP contribution < -0.4 is 0 Å². The first-order valence-electron chi connectivity index (χ1n) is 10.3. The van der Waals surface area contributed by atoms with E-state index in [9.17, 15) is 0 Å². The Morgan fingerprint density at radius 2 is 1.83 bits per heavy atom.